The van der Waals surface area contributed by atoms with Crippen LogP contribution in [0.15, 0.2) is 5.16 Å². The number of aryl methyl sites for hydroxylation is 2. The van der Waals surface area contributed by atoms with Crippen LogP contribution in [0.5, 0.6) is 0 Å². The van der Waals surface area contributed by atoms with Gasteiger partial charge in [0, 0.05) is 23.2 Å². The van der Waals surface area contributed by atoms with E-state index in [-0.39, 0.29) is 23.6 Å². The van der Waals surface area contributed by atoms with Crippen molar-refractivity contribution in [1.82, 2.24) is 9.97 Å². The van der Waals surface area contributed by atoms with E-state index in [0.29, 0.717) is 24.2 Å². The Morgan fingerprint density at radius 3 is 2.07 bits per heavy atom. The molecule has 4 aliphatic carbocycles. The zero-order valence-corrected chi connectivity index (χ0v) is 18.8. The largest absolute Gasteiger partial charge is 0.455 e. The van der Waals surface area contributed by atoms with Crippen LogP contribution in [0.3, 0.4) is 0 Å². The van der Waals surface area contributed by atoms with Crippen molar-refractivity contribution < 1.29 is 14.3 Å². The SMILES string of the molecule is CSc1nc(C)c(CCC(=O)OC(C)C(=O)C23CC4CC(CC(C4)C2)C3)c(C)n1. The molecule has 0 amide bonds. The fourth-order valence-electron chi connectivity index (χ4n) is 6.54. The third-order valence-corrected chi connectivity index (χ3v) is 7.95. The number of thioether (sulfide) groups is 1. The van der Waals surface area contributed by atoms with E-state index >= 15 is 0 Å². The highest BCUT2D eigenvalue weighted by atomic mass is 32.2. The fraction of sp³-hybridized carbons (Fsp3) is 0.739. The average Bonchev–Trinajstić information content (AvgIpc) is 2.65. The predicted molar refractivity (Wildman–Crippen MR) is 113 cm³/mol. The van der Waals surface area contributed by atoms with E-state index in [0.717, 1.165) is 41.4 Å². The number of ether oxygens (including phenoxy) is 1. The molecule has 4 aliphatic rings. The van der Waals surface area contributed by atoms with Crippen LogP contribution in [-0.2, 0) is 20.7 Å². The zero-order valence-electron chi connectivity index (χ0n) is 18.0. The molecule has 1 unspecified atom stereocenters. The summed E-state index contributed by atoms with van der Waals surface area (Å²) in [5.41, 5.74) is 2.60. The summed E-state index contributed by atoms with van der Waals surface area (Å²) >= 11 is 1.51. The van der Waals surface area contributed by atoms with Crippen molar-refractivity contribution in [3.63, 3.8) is 0 Å². The Morgan fingerprint density at radius 2 is 1.59 bits per heavy atom. The highest BCUT2D eigenvalue weighted by molar-refractivity contribution is 7.98. The van der Waals surface area contributed by atoms with Gasteiger partial charge in [0.2, 0.25) is 0 Å². The number of Topliss-reactive ketones (excluding diaryl/α,β-unsaturated/α-hetero) is 1. The molecule has 0 aromatic carbocycles. The van der Waals surface area contributed by atoms with E-state index in [9.17, 15) is 9.59 Å². The van der Waals surface area contributed by atoms with Crippen molar-refractivity contribution in [2.45, 2.75) is 83.4 Å². The lowest BCUT2D eigenvalue weighted by atomic mass is 9.48. The van der Waals surface area contributed by atoms with E-state index in [4.69, 9.17) is 4.74 Å². The topological polar surface area (TPSA) is 69.2 Å². The number of ketones is 1. The molecule has 0 N–H and O–H groups in total. The Hall–Kier alpha value is -1.43. The lowest BCUT2D eigenvalue weighted by Crippen LogP contribution is -2.52. The van der Waals surface area contributed by atoms with Crippen molar-refractivity contribution in [2.75, 3.05) is 6.26 Å². The van der Waals surface area contributed by atoms with Crippen LogP contribution in [-0.4, -0.2) is 34.1 Å². The molecule has 1 aromatic rings. The van der Waals surface area contributed by atoms with Gasteiger partial charge in [0.05, 0.1) is 0 Å². The minimum Gasteiger partial charge on any atom is -0.455 e. The first-order valence-electron chi connectivity index (χ1n) is 10.9. The van der Waals surface area contributed by atoms with Crippen molar-refractivity contribution in [3.05, 3.63) is 17.0 Å². The second kappa shape index (κ2) is 8.01. The molecule has 29 heavy (non-hydrogen) atoms. The summed E-state index contributed by atoms with van der Waals surface area (Å²) in [7, 11) is 0. The van der Waals surface area contributed by atoms with Gasteiger partial charge in [-0.2, -0.15) is 0 Å². The maximum absolute atomic E-state index is 13.3. The maximum Gasteiger partial charge on any atom is 0.306 e. The van der Waals surface area contributed by atoms with Gasteiger partial charge in [0.25, 0.3) is 0 Å². The van der Waals surface area contributed by atoms with Crippen LogP contribution in [0.25, 0.3) is 0 Å². The number of nitrogens with zero attached hydrogens (tertiary/aromatic N) is 2. The van der Waals surface area contributed by atoms with Gasteiger partial charge in [-0.1, -0.05) is 11.8 Å². The van der Waals surface area contributed by atoms with Gasteiger partial charge < -0.3 is 4.74 Å². The third-order valence-electron chi connectivity index (χ3n) is 7.40. The Labute approximate surface area is 177 Å². The summed E-state index contributed by atoms with van der Waals surface area (Å²) in [6, 6.07) is 0. The molecule has 4 bridgehead atoms. The van der Waals surface area contributed by atoms with Gasteiger partial charge in [0.1, 0.15) is 0 Å². The number of esters is 1. The van der Waals surface area contributed by atoms with Crippen molar-refractivity contribution in [3.8, 4) is 0 Å². The maximum atomic E-state index is 13.3. The van der Waals surface area contributed by atoms with Crippen LogP contribution in [0.4, 0.5) is 0 Å². The highest BCUT2D eigenvalue weighted by Crippen LogP contribution is 2.60. The van der Waals surface area contributed by atoms with Crippen molar-refractivity contribution in [2.24, 2.45) is 23.2 Å². The van der Waals surface area contributed by atoms with Crippen LogP contribution in [0.1, 0.15) is 68.8 Å². The van der Waals surface area contributed by atoms with Crippen molar-refractivity contribution in [1.29, 1.82) is 0 Å². The Kier molecular flexibility index (Phi) is 5.75. The summed E-state index contributed by atoms with van der Waals surface area (Å²) < 4.78 is 5.61. The van der Waals surface area contributed by atoms with Crippen molar-refractivity contribution >= 4 is 23.5 Å². The summed E-state index contributed by atoms with van der Waals surface area (Å²) in [6.45, 7) is 5.67. The first-order valence-corrected chi connectivity index (χ1v) is 12.1. The molecule has 1 aromatic heterocycles. The van der Waals surface area contributed by atoms with Gasteiger partial charge in [-0.15, -0.1) is 0 Å². The minimum atomic E-state index is -0.643. The monoisotopic (exact) mass is 416 g/mol. The van der Waals surface area contributed by atoms with E-state index in [2.05, 4.69) is 9.97 Å². The van der Waals surface area contributed by atoms with Gasteiger partial charge in [-0.05, 0) is 95.3 Å². The summed E-state index contributed by atoms with van der Waals surface area (Å²) in [4.78, 5) is 34.7. The van der Waals surface area contributed by atoms with E-state index in [1.54, 1.807) is 6.92 Å². The zero-order chi connectivity index (χ0) is 20.8. The second-order valence-electron chi connectivity index (χ2n) is 9.55. The number of aromatic nitrogens is 2. The summed E-state index contributed by atoms with van der Waals surface area (Å²) in [5, 5.41) is 0.751. The molecule has 1 heterocycles. The molecule has 1 atom stereocenters. The lowest BCUT2D eigenvalue weighted by Gasteiger charge is -2.56. The minimum absolute atomic E-state index is 0.171. The highest BCUT2D eigenvalue weighted by Gasteiger charge is 2.55. The van der Waals surface area contributed by atoms with E-state index < -0.39 is 6.10 Å². The molecule has 0 spiro atoms. The molecular weight excluding hydrogens is 384 g/mol. The molecule has 4 fully saturated rings. The number of hydrogen-bond donors (Lipinski definition) is 0. The number of carbonyl (C=O) groups excluding carboxylic acids is 2. The van der Waals surface area contributed by atoms with Gasteiger partial charge >= 0.3 is 5.97 Å². The average molecular weight is 417 g/mol. The fourth-order valence-corrected chi connectivity index (χ4v) is 7.00. The molecule has 158 valence electrons. The normalized spacial score (nSPS) is 31.0. The Balaban J connectivity index is 1.35. The van der Waals surface area contributed by atoms with Gasteiger partial charge in [-0.3, -0.25) is 9.59 Å². The number of carbonyl (C=O) groups is 2. The predicted octanol–water partition coefficient (Wildman–Crippen LogP) is 4.47. The molecule has 0 radical (unpaired) electrons. The quantitative estimate of drug-likeness (QED) is 0.371. The molecular formula is C23H32N2O3S. The van der Waals surface area contributed by atoms with E-state index in [1.165, 1.54) is 31.0 Å². The van der Waals surface area contributed by atoms with E-state index in [1.807, 2.05) is 20.1 Å². The molecule has 4 saturated carbocycles. The van der Waals surface area contributed by atoms with Gasteiger partial charge in [-0.25, -0.2) is 9.97 Å². The molecule has 5 nitrogen and oxygen atoms in total. The number of hydrogen-bond acceptors (Lipinski definition) is 6. The number of rotatable bonds is 7. The Morgan fingerprint density at radius 1 is 1.07 bits per heavy atom. The molecule has 0 aliphatic heterocycles. The van der Waals surface area contributed by atoms with Gasteiger partial charge in [0.15, 0.2) is 17.0 Å². The molecule has 6 heteroatoms. The standard InChI is InChI=1S/C23H32N2O3S/c1-13-19(14(2)25-22(24-13)29-4)5-6-20(26)28-15(3)21(27)23-10-16-7-17(11-23)9-18(8-16)12-23/h15-18H,5-12H2,1-4H3. The lowest BCUT2D eigenvalue weighted by molar-refractivity contribution is -0.165. The summed E-state index contributed by atoms with van der Waals surface area (Å²) in [6.07, 6.45) is 9.05. The Bertz CT molecular complexity index is 764. The van der Waals surface area contributed by atoms with Crippen LogP contribution in [0, 0.1) is 37.0 Å². The van der Waals surface area contributed by atoms with Crippen LogP contribution in [0.2, 0.25) is 0 Å². The smallest absolute Gasteiger partial charge is 0.306 e. The third kappa shape index (κ3) is 4.10. The van der Waals surface area contributed by atoms with Crippen LogP contribution < -0.4 is 0 Å². The second-order valence-corrected chi connectivity index (χ2v) is 10.3. The van der Waals surface area contributed by atoms with Crippen LogP contribution >= 0.6 is 11.8 Å². The summed E-state index contributed by atoms with van der Waals surface area (Å²) in [5.74, 6) is 2.00. The molecule has 5 rings (SSSR count). The first kappa shape index (κ1) is 20.8. The first-order chi connectivity index (χ1) is 13.8. The molecule has 0 saturated heterocycles.